The topological polar surface area (TPSA) is 119 Å². The highest BCUT2D eigenvalue weighted by Gasteiger charge is 2.47. The molecule has 37 heavy (non-hydrogen) atoms. The van der Waals surface area contributed by atoms with Gasteiger partial charge in [-0.3, -0.25) is 24.6 Å². The molecule has 1 fully saturated rings. The summed E-state index contributed by atoms with van der Waals surface area (Å²) >= 11 is 0. The predicted octanol–water partition coefficient (Wildman–Crippen LogP) is 5.41. The Morgan fingerprint density at radius 1 is 1.03 bits per heavy atom. The van der Waals surface area contributed by atoms with E-state index in [0.717, 1.165) is 6.07 Å². The van der Waals surface area contributed by atoms with Gasteiger partial charge in [0.2, 0.25) is 0 Å². The van der Waals surface area contributed by atoms with Crippen LogP contribution in [0.4, 0.5) is 11.4 Å². The van der Waals surface area contributed by atoms with Crippen molar-refractivity contribution in [3.8, 4) is 11.5 Å². The molecule has 0 saturated carbocycles. The number of amides is 1. The first kappa shape index (κ1) is 25.4. The van der Waals surface area contributed by atoms with E-state index in [1.165, 1.54) is 23.1 Å². The van der Waals surface area contributed by atoms with Gasteiger partial charge in [-0.25, -0.2) is 0 Å². The Balaban J connectivity index is 1.91. The number of benzene rings is 3. The molecule has 9 nitrogen and oxygen atoms in total. The molecule has 4 rings (SSSR count). The third-order valence-electron chi connectivity index (χ3n) is 5.75. The molecule has 190 valence electrons. The lowest BCUT2D eigenvalue weighted by Crippen LogP contribution is -2.29. The lowest BCUT2D eigenvalue weighted by atomic mass is 9.94. The number of aliphatic hydroxyl groups is 1. The van der Waals surface area contributed by atoms with Crippen molar-refractivity contribution in [3.63, 3.8) is 0 Å². The van der Waals surface area contributed by atoms with Crippen molar-refractivity contribution in [2.24, 2.45) is 0 Å². The number of carbonyl (C=O) groups is 2. The minimum absolute atomic E-state index is 0.0541. The van der Waals surface area contributed by atoms with E-state index in [9.17, 15) is 24.8 Å². The van der Waals surface area contributed by atoms with E-state index < -0.39 is 28.4 Å². The van der Waals surface area contributed by atoms with Crippen molar-refractivity contribution in [2.75, 3.05) is 11.5 Å². The number of non-ortho nitro benzene ring substituents is 1. The van der Waals surface area contributed by atoms with Crippen LogP contribution in [0, 0.1) is 10.1 Å². The number of anilines is 1. The molecule has 0 radical (unpaired) electrons. The number of carbonyl (C=O) groups excluding carboxylic acids is 2. The highest BCUT2D eigenvalue weighted by atomic mass is 16.6. The van der Waals surface area contributed by atoms with Gasteiger partial charge in [0.25, 0.3) is 17.4 Å². The van der Waals surface area contributed by atoms with Crippen LogP contribution in [-0.4, -0.2) is 34.4 Å². The second kappa shape index (κ2) is 10.5. The third-order valence-corrected chi connectivity index (χ3v) is 5.75. The summed E-state index contributed by atoms with van der Waals surface area (Å²) < 4.78 is 11.3. The van der Waals surface area contributed by atoms with Crippen LogP contribution in [0.5, 0.6) is 11.5 Å². The van der Waals surface area contributed by atoms with Crippen LogP contribution >= 0.6 is 0 Å². The number of hydrogen-bond acceptors (Lipinski definition) is 7. The Morgan fingerprint density at radius 2 is 1.73 bits per heavy atom. The van der Waals surface area contributed by atoms with Gasteiger partial charge >= 0.3 is 0 Å². The zero-order valence-electron chi connectivity index (χ0n) is 20.6. The SMILES string of the molecule is CCOc1ccc(N2C(=O)C(=O)/C(=C(\O)c3cccc([N+](=O)[O-])c3)C2c2cccc(OC(C)C)c2)cc1. The molecule has 1 heterocycles. The molecular weight excluding hydrogens is 476 g/mol. The van der Waals surface area contributed by atoms with E-state index in [1.54, 1.807) is 48.5 Å². The first-order chi connectivity index (χ1) is 17.7. The standard InChI is InChI=1S/C28H26N2O7/c1-4-36-22-13-11-20(12-14-22)29-25(18-7-6-10-23(16-18)37-17(2)3)24(27(32)28(29)33)26(31)19-8-5-9-21(15-19)30(34)35/h5-17,25,31H,4H2,1-3H3/b26-24-. The Labute approximate surface area is 213 Å². The Morgan fingerprint density at radius 3 is 2.38 bits per heavy atom. The van der Waals surface area contributed by atoms with Gasteiger partial charge < -0.3 is 14.6 Å². The largest absolute Gasteiger partial charge is 0.507 e. The van der Waals surface area contributed by atoms with E-state index in [2.05, 4.69) is 0 Å². The molecule has 1 amide bonds. The minimum atomic E-state index is -1.01. The molecule has 3 aromatic rings. The number of nitro groups is 1. The number of nitrogens with zero attached hydrogens (tertiary/aromatic N) is 2. The number of ketones is 1. The van der Waals surface area contributed by atoms with E-state index in [0.29, 0.717) is 29.4 Å². The van der Waals surface area contributed by atoms with E-state index in [-0.39, 0.29) is 22.9 Å². The maximum atomic E-state index is 13.3. The summed E-state index contributed by atoms with van der Waals surface area (Å²) in [5, 5.41) is 22.5. The summed E-state index contributed by atoms with van der Waals surface area (Å²) in [6, 6.07) is 17.9. The van der Waals surface area contributed by atoms with Crippen LogP contribution in [0.2, 0.25) is 0 Å². The Kier molecular flexibility index (Phi) is 7.24. The van der Waals surface area contributed by atoms with Crippen LogP contribution in [0.25, 0.3) is 5.76 Å². The Bertz CT molecular complexity index is 1380. The summed E-state index contributed by atoms with van der Waals surface area (Å²) in [5.41, 5.74) is 0.565. The smallest absolute Gasteiger partial charge is 0.300 e. The summed E-state index contributed by atoms with van der Waals surface area (Å²) in [6.45, 7) is 6.07. The molecule has 1 saturated heterocycles. The zero-order chi connectivity index (χ0) is 26.7. The van der Waals surface area contributed by atoms with Crippen molar-refractivity contribution in [2.45, 2.75) is 32.9 Å². The first-order valence-electron chi connectivity index (χ1n) is 11.8. The van der Waals surface area contributed by atoms with Crippen molar-refractivity contribution in [1.82, 2.24) is 0 Å². The number of nitro benzene ring substituents is 1. The monoisotopic (exact) mass is 502 g/mol. The number of rotatable bonds is 8. The molecule has 0 aromatic heterocycles. The van der Waals surface area contributed by atoms with Crippen molar-refractivity contribution >= 4 is 28.8 Å². The average molecular weight is 503 g/mol. The molecule has 1 unspecified atom stereocenters. The van der Waals surface area contributed by atoms with Crippen molar-refractivity contribution < 1.29 is 29.1 Å². The van der Waals surface area contributed by atoms with E-state index >= 15 is 0 Å². The highest BCUT2D eigenvalue weighted by Crippen LogP contribution is 2.43. The molecule has 1 aliphatic rings. The van der Waals surface area contributed by atoms with E-state index in [4.69, 9.17) is 9.47 Å². The number of Topliss-reactive ketones (excluding diaryl/α,β-unsaturated/α-hetero) is 1. The average Bonchev–Trinajstić information content (AvgIpc) is 3.14. The normalized spacial score (nSPS) is 16.8. The number of aliphatic hydroxyl groups excluding tert-OH is 1. The zero-order valence-corrected chi connectivity index (χ0v) is 20.6. The molecule has 1 aliphatic heterocycles. The summed E-state index contributed by atoms with van der Waals surface area (Å²) in [4.78, 5) is 38.7. The molecule has 0 aliphatic carbocycles. The molecule has 1 N–H and O–H groups in total. The van der Waals surface area contributed by atoms with Crippen LogP contribution in [0.1, 0.15) is 37.9 Å². The maximum absolute atomic E-state index is 13.3. The fourth-order valence-electron chi connectivity index (χ4n) is 4.24. The van der Waals surface area contributed by atoms with Crippen molar-refractivity contribution in [1.29, 1.82) is 0 Å². The molecule has 1 atom stereocenters. The van der Waals surface area contributed by atoms with Crippen LogP contribution < -0.4 is 14.4 Å². The third kappa shape index (κ3) is 5.16. The number of ether oxygens (including phenoxy) is 2. The number of hydrogen-bond donors (Lipinski definition) is 1. The maximum Gasteiger partial charge on any atom is 0.300 e. The van der Waals surface area contributed by atoms with Crippen LogP contribution in [0.15, 0.2) is 78.4 Å². The van der Waals surface area contributed by atoms with Crippen LogP contribution in [0.3, 0.4) is 0 Å². The molecule has 3 aromatic carbocycles. The van der Waals surface area contributed by atoms with Crippen LogP contribution in [-0.2, 0) is 9.59 Å². The van der Waals surface area contributed by atoms with Gasteiger partial charge in [-0.1, -0.05) is 24.3 Å². The van der Waals surface area contributed by atoms with Crippen molar-refractivity contribution in [3.05, 3.63) is 99.6 Å². The van der Waals surface area contributed by atoms with Gasteiger partial charge in [0.15, 0.2) is 0 Å². The Hall–Kier alpha value is -4.66. The molecule has 0 spiro atoms. The minimum Gasteiger partial charge on any atom is -0.507 e. The fourth-order valence-corrected chi connectivity index (χ4v) is 4.24. The van der Waals surface area contributed by atoms with Gasteiger partial charge in [0.1, 0.15) is 17.3 Å². The molecule has 9 heteroatoms. The van der Waals surface area contributed by atoms with Gasteiger partial charge in [0.05, 0.1) is 29.2 Å². The van der Waals surface area contributed by atoms with E-state index in [1.807, 2.05) is 20.8 Å². The summed E-state index contributed by atoms with van der Waals surface area (Å²) in [5.74, 6) is -1.12. The second-order valence-corrected chi connectivity index (χ2v) is 8.64. The molecular formula is C28H26N2O7. The van der Waals surface area contributed by atoms with Gasteiger partial charge in [0, 0.05) is 23.4 Å². The van der Waals surface area contributed by atoms with Gasteiger partial charge in [-0.15, -0.1) is 0 Å². The fraction of sp³-hybridized carbons (Fsp3) is 0.214. The highest BCUT2D eigenvalue weighted by molar-refractivity contribution is 6.51. The lowest BCUT2D eigenvalue weighted by Gasteiger charge is -2.26. The quantitative estimate of drug-likeness (QED) is 0.144. The lowest BCUT2D eigenvalue weighted by molar-refractivity contribution is -0.384. The second-order valence-electron chi connectivity index (χ2n) is 8.64. The summed E-state index contributed by atoms with van der Waals surface area (Å²) in [6.07, 6.45) is -0.113. The summed E-state index contributed by atoms with van der Waals surface area (Å²) in [7, 11) is 0. The predicted molar refractivity (Wildman–Crippen MR) is 138 cm³/mol. The van der Waals surface area contributed by atoms with Gasteiger partial charge in [-0.05, 0) is 62.7 Å². The van der Waals surface area contributed by atoms with Gasteiger partial charge in [-0.2, -0.15) is 0 Å². The first-order valence-corrected chi connectivity index (χ1v) is 11.8. The molecule has 0 bridgehead atoms.